The number of hydrogen-bond donors (Lipinski definition) is 1. The van der Waals surface area contributed by atoms with Crippen LogP contribution in [0.1, 0.15) is 25.3 Å². The Hall–Kier alpha value is -2.20. The second kappa shape index (κ2) is 5.30. The van der Waals surface area contributed by atoms with Crippen LogP contribution in [0.25, 0.3) is 22.2 Å². The Morgan fingerprint density at radius 1 is 1.14 bits per heavy atom. The number of fused-ring (bicyclic) bond motifs is 1. The zero-order valence-electron chi connectivity index (χ0n) is 11.7. The molecule has 0 fully saturated rings. The molecule has 2 heterocycles. The number of nitrogens with zero attached hydrogens (tertiary/aromatic N) is 2. The molecule has 4 nitrogen and oxygen atoms in total. The van der Waals surface area contributed by atoms with Gasteiger partial charge in [0.15, 0.2) is 0 Å². The molecule has 3 aromatic rings. The highest BCUT2D eigenvalue weighted by molar-refractivity contribution is 6.33. The third-order valence-corrected chi connectivity index (χ3v) is 3.77. The molecule has 5 heteroatoms. The van der Waals surface area contributed by atoms with Crippen molar-refractivity contribution >= 4 is 22.6 Å². The molecule has 0 atom stereocenters. The van der Waals surface area contributed by atoms with Gasteiger partial charge in [-0.25, -0.2) is 9.97 Å². The first-order valence-electron chi connectivity index (χ1n) is 6.70. The lowest BCUT2D eigenvalue weighted by Gasteiger charge is -2.12. The quantitative estimate of drug-likeness (QED) is 0.733. The number of hydrogen-bond acceptors (Lipinski definition) is 3. The van der Waals surface area contributed by atoms with Gasteiger partial charge in [0.25, 0.3) is 5.56 Å². The van der Waals surface area contributed by atoms with Crippen molar-refractivity contribution < 1.29 is 0 Å². The summed E-state index contributed by atoms with van der Waals surface area (Å²) in [6.45, 7) is 4.20. The van der Waals surface area contributed by atoms with Crippen molar-refractivity contribution in [3.63, 3.8) is 0 Å². The maximum Gasteiger partial charge on any atom is 0.257 e. The number of pyridine rings is 1. The summed E-state index contributed by atoms with van der Waals surface area (Å²) >= 11 is 6.10. The van der Waals surface area contributed by atoms with E-state index in [1.165, 1.54) is 6.33 Å². The lowest BCUT2D eigenvalue weighted by Crippen LogP contribution is -2.11. The topological polar surface area (TPSA) is 58.6 Å². The van der Waals surface area contributed by atoms with Crippen LogP contribution in [0, 0.1) is 0 Å². The minimum absolute atomic E-state index is 0.176. The van der Waals surface area contributed by atoms with Gasteiger partial charge in [0.1, 0.15) is 17.1 Å². The number of H-pyrrole nitrogens is 1. The lowest BCUT2D eigenvalue weighted by molar-refractivity contribution is 0.868. The molecule has 0 aliphatic heterocycles. The molecule has 106 valence electrons. The fourth-order valence-electron chi connectivity index (χ4n) is 2.43. The highest BCUT2D eigenvalue weighted by atomic mass is 35.5. The Bertz CT molecular complexity index is 871. The van der Waals surface area contributed by atoms with E-state index in [1.54, 1.807) is 6.07 Å². The summed E-state index contributed by atoms with van der Waals surface area (Å²) < 4.78 is 0. The lowest BCUT2D eigenvalue weighted by atomic mass is 9.93. The number of benzene rings is 1. The molecule has 0 saturated carbocycles. The minimum atomic E-state index is -0.176. The maximum absolute atomic E-state index is 12.4. The van der Waals surface area contributed by atoms with Crippen LogP contribution < -0.4 is 5.56 Å². The smallest absolute Gasteiger partial charge is 0.257 e. The van der Waals surface area contributed by atoms with Crippen LogP contribution in [0.2, 0.25) is 5.15 Å². The summed E-state index contributed by atoms with van der Waals surface area (Å²) in [6, 6.07) is 9.64. The normalized spacial score (nSPS) is 11.2. The van der Waals surface area contributed by atoms with Crippen LogP contribution in [0.5, 0.6) is 0 Å². The summed E-state index contributed by atoms with van der Waals surface area (Å²) in [4.78, 5) is 23.1. The SMILES string of the molecule is CC(C)c1ccccc1-c1cc2c(Cl)ncnc2[nH]c1=O. The molecule has 0 unspecified atom stereocenters. The highest BCUT2D eigenvalue weighted by Crippen LogP contribution is 2.29. The Morgan fingerprint density at radius 3 is 2.67 bits per heavy atom. The summed E-state index contributed by atoms with van der Waals surface area (Å²) in [5, 5.41) is 0.979. The summed E-state index contributed by atoms with van der Waals surface area (Å²) in [7, 11) is 0. The van der Waals surface area contributed by atoms with Gasteiger partial charge in [-0.3, -0.25) is 4.79 Å². The van der Waals surface area contributed by atoms with Gasteiger partial charge in [-0.1, -0.05) is 49.7 Å². The molecule has 0 saturated heterocycles. The van der Waals surface area contributed by atoms with Gasteiger partial charge in [-0.2, -0.15) is 0 Å². The first-order chi connectivity index (χ1) is 10.1. The number of rotatable bonds is 2. The van der Waals surface area contributed by atoms with Crippen LogP contribution in [-0.2, 0) is 0 Å². The predicted octanol–water partition coefficient (Wildman–Crippen LogP) is 3.76. The standard InChI is InChI=1S/C16H14ClN3O/c1-9(2)10-5-3-4-6-11(10)12-7-13-14(17)18-8-19-15(13)20-16(12)21/h3-9H,1-2H3,(H,18,19,20,21). The molecule has 0 spiro atoms. The van der Waals surface area contributed by atoms with Crippen LogP contribution in [0.15, 0.2) is 41.5 Å². The van der Waals surface area contributed by atoms with Gasteiger partial charge in [-0.05, 0) is 23.1 Å². The van der Waals surface area contributed by atoms with E-state index >= 15 is 0 Å². The third kappa shape index (κ3) is 2.43. The Balaban J connectivity index is 2.33. The van der Waals surface area contributed by atoms with E-state index < -0.39 is 0 Å². The average Bonchev–Trinajstić information content (AvgIpc) is 2.47. The number of aromatic amines is 1. The van der Waals surface area contributed by atoms with E-state index in [0.29, 0.717) is 27.7 Å². The molecule has 1 N–H and O–H groups in total. The van der Waals surface area contributed by atoms with Crippen molar-refractivity contribution in [2.75, 3.05) is 0 Å². The van der Waals surface area contributed by atoms with Gasteiger partial charge in [0, 0.05) is 5.56 Å². The van der Waals surface area contributed by atoms with E-state index in [2.05, 4.69) is 28.8 Å². The second-order valence-corrected chi connectivity index (χ2v) is 5.54. The van der Waals surface area contributed by atoms with E-state index in [9.17, 15) is 4.79 Å². The van der Waals surface area contributed by atoms with Crippen LogP contribution in [-0.4, -0.2) is 15.0 Å². The minimum Gasteiger partial charge on any atom is -0.306 e. The number of aromatic nitrogens is 3. The van der Waals surface area contributed by atoms with Crippen LogP contribution >= 0.6 is 11.6 Å². The Morgan fingerprint density at radius 2 is 1.90 bits per heavy atom. The molecular weight excluding hydrogens is 286 g/mol. The van der Waals surface area contributed by atoms with Crippen LogP contribution in [0.3, 0.4) is 0 Å². The van der Waals surface area contributed by atoms with E-state index in [0.717, 1.165) is 11.1 Å². The molecule has 1 aromatic carbocycles. The van der Waals surface area contributed by atoms with Crippen molar-refractivity contribution in [3.8, 4) is 11.1 Å². The van der Waals surface area contributed by atoms with Crippen molar-refractivity contribution in [1.29, 1.82) is 0 Å². The molecule has 21 heavy (non-hydrogen) atoms. The molecule has 0 aliphatic carbocycles. The number of nitrogens with one attached hydrogen (secondary N) is 1. The molecule has 0 aliphatic rings. The van der Waals surface area contributed by atoms with E-state index in [4.69, 9.17) is 11.6 Å². The summed E-state index contributed by atoms with van der Waals surface area (Å²) in [5.41, 5.74) is 2.89. The Kier molecular flexibility index (Phi) is 3.47. The van der Waals surface area contributed by atoms with Crippen molar-refractivity contribution in [3.05, 3.63) is 57.7 Å². The first kappa shape index (κ1) is 13.8. The van der Waals surface area contributed by atoms with Gasteiger partial charge in [0.2, 0.25) is 0 Å². The molecule has 2 aromatic heterocycles. The molecule has 0 bridgehead atoms. The zero-order chi connectivity index (χ0) is 15.0. The average molecular weight is 300 g/mol. The molecular formula is C16H14ClN3O. The maximum atomic E-state index is 12.4. The van der Waals surface area contributed by atoms with Gasteiger partial charge in [-0.15, -0.1) is 0 Å². The van der Waals surface area contributed by atoms with Gasteiger partial charge < -0.3 is 4.98 Å². The highest BCUT2D eigenvalue weighted by Gasteiger charge is 2.13. The summed E-state index contributed by atoms with van der Waals surface area (Å²) in [5.74, 6) is 0.318. The van der Waals surface area contributed by atoms with E-state index in [-0.39, 0.29) is 5.56 Å². The van der Waals surface area contributed by atoms with Crippen molar-refractivity contribution in [2.45, 2.75) is 19.8 Å². The Labute approximate surface area is 126 Å². The third-order valence-electron chi connectivity index (χ3n) is 3.47. The number of halogens is 1. The molecule has 3 rings (SSSR count). The fraction of sp³-hybridized carbons (Fsp3) is 0.188. The largest absolute Gasteiger partial charge is 0.306 e. The monoisotopic (exact) mass is 299 g/mol. The molecule has 0 radical (unpaired) electrons. The predicted molar refractivity (Wildman–Crippen MR) is 84.7 cm³/mol. The van der Waals surface area contributed by atoms with Crippen molar-refractivity contribution in [2.24, 2.45) is 0 Å². The first-order valence-corrected chi connectivity index (χ1v) is 7.08. The van der Waals surface area contributed by atoms with E-state index in [1.807, 2.05) is 24.3 Å². The fourth-order valence-corrected chi connectivity index (χ4v) is 2.62. The zero-order valence-corrected chi connectivity index (χ0v) is 12.5. The van der Waals surface area contributed by atoms with Crippen LogP contribution in [0.4, 0.5) is 0 Å². The van der Waals surface area contributed by atoms with Gasteiger partial charge in [0.05, 0.1) is 5.39 Å². The summed E-state index contributed by atoms with van der Waals surface area (Å²) in [6.07, 6.45) is 1.34. The van der Waals surface area contributed by atoms with Crippen molar-refractivity contribution in [1.82, 2.24) is 15.0 Å². The molecule has 0 amide bonds. The van der Waals surface area contributed by atoms with Gasteiger partial charge >= 0.3 is 0 Å². The second-order valence-electron chi connectivity index (χ2n) is 5.18.